The molecule has 0 saturated carbocycles. The Morgan fingerprint density at radius 1 is 1.07 bits per heavy atom. The van der Waals surface area contributed by atoms with Gasteiger partial charge in [-0.25, -0.2) is 0 Å². The second-order valence-electron chi connectivity index (χ2n) is 6.23. The number of aryl methyl sites for hydroxylation is 3. The molecule has 1 heterocycles. The molecule has 0 saturated heterocycles. The highest BCUT2D eigenvalue weighted by molar-refractivity contribution is 14.1. The molecule has 0 aliphatic rings. The normalized spacial score (nSPS) is 10.8. The van der Waals surface area contributed by atoms with Crippen LogP contribution >= 0.6 is 22.6 Å². The maximum Gasteiger partial charge on any atom is 0.227 e. The summed E-state index contributed by atoms with van der Waals surface area (Å²) < 4.78 is 6.45. The van der Waals surface area contributed by atoms with E-state index in [2.05, 4.69) is 64.0 Å². The molecule has 3 aromatic rings. The van der Waals surface area contributed by atoms with Crippen LogP contribution in [0.15, 0.2) is 47.0 Å². The quantitative estimate of drug-likeness (QED) is 0.487. The van der Waals surface area contributed by atoms with Gasteiger partial charge in [0.2, 0.25) is 17.6 Å². The van der Waals surface area contributed by atoms with Crippen LogP contribution in [0, 0.1) is 3.57 Å². The summed E-state index contributed by atoms with van der Waals surface area (Å²) in [6.45, 7) is 4.18. The van der Waals surface area contributed by atoms with Gasteiger partial charge in [0.15, 0.2) is 0 Å². The summed E-state index contributed by atoms with van der Waals surface area (Å²) in [5, 5.41) is 7.08. The predicted molar refractivity (Wildman–Crippen MR) is 115 cm³/mol. The summed E-state index contributed by atoms with van der Waals surface area (Å²) in [4.78, 5) is 16.8. The van der Waals surface area contributed by atoms with E-state index in [-0.39, 0.29) is 5.91 Å². The minimum absolute atomic E-state index is 0.0420. The van der Waals surface area contributed by atoms with Gasteiger partial charge in [0.1, 0.15) is 0 Å². The van der Waals surface area contributed by atoms with E-state index in [0.717, 1.165) is 38.8 Å². The number of carbonyl (C=O) groups is 1. The van der Waals surface area contributed by atoms with E-state index in [4.69, 9.17) is 4.52 Å². The first kappa shape index (κ1) is 19.5. The lowest BCUT2D eigenvalue weighted by molar-refractivity contribution is -0.116. The number of benzene rings is 2. The van der Waals surface area contributed by atoms with E-state index in [0.29, 0.717) is 24.6 Å². The van der Waals surface area contributed by atoms with Gasteiger partial charge in [0.25, 0.3) is 0 Å². The van der Waals surface area contributed by atoms with Crippen LogP contribution in [-0.4, -0.2) is 16.0 Å². The molecule has 0 bridgehead atoms. The molecule has 0 aliphatic carbocycles. The van der Waals surface area contributed by atoms with Crippen LogP contribution in [0.25, 0.3) is 11.4 Å². The Hall–Kier alpha value is -2.22. The molecule has 3 rings (SSSR count). The zero-order valence-corrected chi connectivity index (χ0v) is 17.6. The van der Waals surface area contributed by atoms with Gasteiger partial charge in [-0.1, -0.05) is 49.3 Å². The number of anilines is 1. The molecule has 27 heavy (non-hydrogen) atoms. The smallest absolute Gasteiger partial charge is 0.227 e. The molecule has 0 unspecified atom stereocenters. The van der Waals surface area contributed by atoms with E-state index in [1.807, 2.05) is 30.3 Å². The van der Waals surface area contributed by atoms with Crippen LogP contribution < -0.4 is 5.32 Å². The topological polar surface area (TPSA) is 68.0 Å². The van der Waals surface area contributed by atoms with Crippen LogP contribution in [0.5, 0.6) is 0 Å². The molecular weight excluding hydrogens is 453 g/mol. The number of halogens is 1. The number of hydrogen-bond donors (Lipinski definition) is 1. The number of nitrogens with zero attached hydrogens (tertiary/aromatic N) is 2. The highest BCUT2D eigenvalue weighted by Crippen LogP contribution is 2.23. The molecule has 1 aromatic heterocycles. The fourth-order valence-corrected chi connectivity index (χ4v) is 3.26. The third kappa shape index (κ3) is 4.94. The van der Waals surface area contributed by atoms with Crippen molar-refractivity contribution in [3.8, 4) is 11.4 Å². The Labute approximate surface area is 172 Å². The molecule has 0 aliphatic heterocycles. The summed E-state index contributed by atoms with van der Waals surface area (Å²) in [5.41, 5.74) is 4.15. The van der Waals surface area contributed by atoms with Crippen molar-refractivity contribution >= 4 is 34.2 Å². The molecule has 6 heteroatoms. The summed E-state index contributed by atoms with van der Waals surface area (Å²) in [6, 6.07) is 14.1. The van der Waals surface area contributed by atoms with Crippen molar-refractivity contribution in [3.63, 3.8) is 0 Å². The predicted octanol–water partition coefficient (Wildman–Crippen LogP) is 5.04. The maximum atomic E-state index is 12.4. The lowest BCUT2D eigenvalue weighted by atomic mass is 10.0. The summed E-state index contributed by atoms with van der Waals surface area (Å²) >= 11 is 2.25. The van der Waals surface area contributed by atoms with E-state index in [9.17, 15) is 4.79 Å². The van der Waals surface area contributed by atoms with Crippen LogP contribution in [0.3, 0.4) is 0 Å². The SMILES string of the molecule is CCc1cccc(CC)c1NC(=O)CCc1nc(-c2ccc(I)cc2)no1. The van der Waals surface area contributed by atoms with Gasteiger partial charge in [0.05, 0.1) is 0 Å². The first-order valence-electron chi connectivity index (χ1n) is 9.09. The van der Waals surface area contributed by atoms with E-state index in [1.165, 1.54) is 0 Å². The Bertz CT molecular complexity index is 897. The van der Waals surface area contributed by atoms with Crippen molar-refractivity contribution in [3.05, 3.63) is 63.1 Å². The molecule has 0 spiro atoms. The Balaban J connectivity index is 1.63. The number of aromatic nitrogens is 2. The first-order valence-corrected chi connectivity index (χ1v) is 10.2. The van der Waals surface area contributed by atoms with Gasteiger partial charge >= 0.3 is 0 Å². The average molecular weight is 475 g/mol. The number of rotatable bonds is 7. The fraction of sp³-hybridized carbons (Fsp3) is 0.286. The second-order valence-corrected chi connectivity index (χ2v) is 7.47. The molecule has 2 aromatic carbocycles. The average Bonchev–Trinajstić information content (AvgIpc) is 3.16. The minimum Gasteiger partial charge on any atom is -0.339 e. The van der Waals surface area contributed by atoms with Crippen molar-refractivity contribution in [2.24, 2.45) is 0 Å². The third-order valence-corrected chi connectivity index (χ3v) is 5.12. The number of amides is 1. The summed E-state index contributed by atoms with van der Waals surface area (Å²) in [5.74, 6) is 0.976. The highest BCUT2D eigenvalue weighted by atomic mass is 127. The molecule has 0 fully saturated rings. The molecule has 1 N–H and O–H groups in total. The van der Waals surface area contributed by atoms with E-state index >= 15 is 0 Å². The molecule has 0 radical (unpaired) electrons. The van der Waals surface area contributed by atoms with Gasteiger partial charge in [-0.05, 0) is 58.7 Å². The maximum absolute atomic E-state index is 12.4. The largest absolute Gasteiger partial charge is 0.339 e. The lowest BCUT2D eigenvalue weighted by Crippen LogP contribution is -2.15. The number of carbonyl (C=O) groups excluding carboxylic acids is 1. The van der Waals surface area contributed by atoms with Crippen LogP contribution in [0.1, 0.15) is 37.3 Å². The zero-order chi connectivity index (χ0) is 19.2. The summed E-state index contributed by atoms with van der Waals surface area (Å²) in [6.07, 6.45) is 2.48. The molecule has 0 atom stereocenters. The van der Waals surface area contributed by atoms with Gasteiger partial charge in [-0.15, -0.1) is 0 Å². The second kappa shape index (κ2) is 9.12. The number of para-hydroxylation sites is 1. The zero-order valence-electron chi connectivity index (χ0n) is 15.5. The van der Waals surface area contributed by atoms with Crippen molar-refractivity contribution in [2.75, 3.05) is 5.32 Å². The van der Waals surface area contributed by atoms with Crippen molar-refractivity contribution in [2.45, 2.75) is 39.5 Å². The van der Waals surface area contributed by atoms with Crippen molar-refractivity contribution in [1.29, 1.82) is 0 Å². The highest BCUT2D eigenvalue weighted by Gasteiger charge is 2.13. The Morgan fingerprint density at radius 2 is 1.74 bits per heavy atom. The fourth-order valence-electron chi connectivity index (χ4n) is 2.90. The Morgan fingerprint density at radius 3 is 2.37 bits per heavy atom. The van der Waals surface area contributed by atoms with Crippen LogP contribution in [-0.2, 0) is 24.1 Å². The van der Waals surface area contributed by atoms with Gasteiger partial charge in [0, 0.05) is 27.7 Å². The van der Waals surface area contributed by atoms with E-state index in [1.54, 1.807) is 0 Å². The molecule has 140 valence electrons. The van der Waals surface area contributed by atoms with Gasteiger partial charge in [-0.3, -0.25) is 4.79 Å². The Kier molecular flexibility index (Phi) is 6.60. The number of hydrogen-bond acceptors (Lipinski definition) is 4. The molecular formula is C21H22IN3O2. The van der Waals surface area contributed by atoms with E-state index < -0.39 is 0 Å². The van der Waals surface area contributed by atoms with Gasteiger partial charge < -0.3 is 9.84 Å². The number of nitrogens with one attached hydrogen (secondary N) is 1. The van der Waals surface area contributed by atoms with Crippen molar-refractivity contribution in [1.82, 2.24) is 10.1 Å². The first-order chi connectivity index (χ1) is 13.1. The third-order valence-electron chi connectivity index (χ3n) is 4.40. The monoisotopic (exact) mass is 475 g/mol. The standard InChI is InChI=1S/C21H22IN3O2/c1-3-14-6-5-7-15(4-2)20(14)23-18(26)12-13-19-24-21(25-27-19)16-8-10-17(22)11-9-16/h5-11H,3-4,12-13H2,1-2H3,(H,23,26). The van der Waals surface area contributed by atoms with Crippen LogP contribution in [0.4, 0.5) is 5.69 Å². The lowest BCUT2D eigenvalue weighted by Gasteiger charge is -2.14. The summed E-state index contributed by atoms with van der Waals surface area (Å²) in [7, 11) is 0. The molecule has 1 amide bonds. The van der Waals surface area contributed by atoms with Crippen LogP contribution in [0.2, 0.25) is 0 Å². The van der Waals surface area contributed by atoms with Gasteiger partial charge in [-0.2, -0.15) is 4.98 Å². The van der Waals surface area contributed by atoms with Crippen molar-refractivity contribution < 1.29 is 9.32 Å². The molecule has 5 nitrogen and oxygen atoms in total. The minimum atomic E-state index is -0.0420.